The maximum Gasteiger partial charge on any atom is 0.152 e. The van der Waals surface area contributed by atoms with E-state index in [0.717, 1.165) is 0 Å². The molecule has 0 unspecified atom stereocenters. The number of carbonyl (C=O) groups excluding carboxylic acids is 1. The van der Waals surface area contributed by atoms with Gasteiger partial charge in [-0.25, -0.2) is 0 Å². The first-order chi connectivity index (χ1) is 4.54. The summed E-state index contributed by atoms with van der Waals surface area (Å²) in [6, 6.07) is 0. The standard InChI is InChI=1S/C9H14O/c1-7(6-8(2)10)9(3)4-5-9/h6H,4-5H2,1-3H3/b7-6-. The van der Waals surface area contributed by atoms with E-state index in [2.05, 4.69) is 13.8 Å². The van der Waals surface area contributed by atoms with Gasteiger partial charge >= 0.3 is 0 Å². The van der Waals surface area contributed by atoms with E-state index in [0.29, 0.717) is 5.41 Å². The minimum absolute atomic E-state index is 0.172. The van der Waals surface area contributed by atoms with Crippen molar-refractivity contribution in [1.82, 2.24) is 0 Å². The van der Waals surface area contributed by atoms with Gasteiger partial charge < -0.3 is 0 Å². The highest BCUT2D eigenvalue weighted by Crippen LogP contribution is 2.50. The Morgan fingerprint density at radius 2 is 1.90 bits per heavy atom. The summed E-state index contributed by atoms with van der Waals surface area (Å²) in [6.45, 7) is 5.87. The van der Waals surface area contributed by atoms with Gasteiger partial charge in [0.15, 0.2) is 5.78 Å². The maximum absolute atomic E-state index is 10.7. The third-order valence-electron chi connectivity index (χ3n) is 2.37. The smallest absolute Gasteiger partial charge is 0.152 e. The Balaban J connectivity index is 2.64. The lowest BCUT2D eigenvalue weighted by atomic mass is 9.99. The van der Waals surface area contributed by atoms with Crippen molar-refractivity contribution in [1.29, 1.82) is 0 Å². The zero-order chi connectivity index (χ0) is 7.78. The van der Waals surface area contributed by atoms with Crippen LogP contribution < -0.4 is 0 Å². The SMILES string of the molecule is CC(=O)/C=C(/C)C1(C)CC1. The number of allylic oxidation sites excluding steroid dienone is 2. The molecule has 0 atom stereocenters. The lowest BCUT2D eigenvalue weighted by Gasteiger charge is -2.06. The van der Waals surface area contributed by atoms with Crippen molar-refractivity contribution < 1.29 is 4.79 Å². The van der Waals surface area contributed by atoms with Crippen LogP contribution >= 0.6 is 0 Å². The maximum atomic E-state index is 10.7. The van der Waals surface area contributed by atoms with Gasteiger partial charge in [-0.3, -0.25) is 4.79 Å². The van der Waals surface area contributed by atoms with Crippen molar-refractivity contribution in [2.24, 2.45) is 5.41 Å². The highest BCUT2D eigenvalue weighted by Gasteiger charge is 2.38. The molecule has 0 aromatic carbocycles. The summed E-state index contributed by atoms with van der Waals surface area (Å²) < 4.78 is 0. The molecule has 0 heterocycles. The lowest BCUT2D eigenvalue weighted by Crippen LogP contribution is -1.97. The molecule has 1 fully saturated rings. The monoisotopic (exact) mass is 138 g/mol. The van der Waals surface area contributed by atoms with Gasteiger partial charge in [-0.1, -0.05) is 12.5 Å². The zero-order valence-electron chi connectivity index (χ0n) is 6.90. The van der Waals surface area contributed by atoms with Crippen molar-refractivity contribution in [2.75, 3.05) is 0 Å². The first kappa shape index (κ1) is 7.52. The largest absolute Gasteiger partial charge is 0.295 e. The van der Waals surface area contributed by atoms with Crippen LogP contribution in [0.3, 0.4) is 0 Å². The van der Waals surface area contributed by atoms with Gasteiger partial charge in [-0.15, -0.1) is 0 Å². The van der Waals surface area contributed by atoms with Crippen molar-refractivity contribution in [2.45, 2.75) is 33.6 Å². The fourth-order valence-corrected chi connectivity index (χ4v) is 1.06. The number of carbonyl (C=O) groups is 1. The molecule has 0 aromatic rings. The molecule has 1 nitrogen and oxygen atoms in total. The van der Waals surface area contributed by atoms with Crippen molar-refractivity contribution >= 4 is 5.78 Å². The molecular weight excluding hydrogens is 124 g/mol. The molecule has 10 heavy (non-hydrogen) atoms. The van der Waals surface area contributed by atoms with Crippen LogP contribution in [0.1, 0.15) is 33.6 Å². The molecule has 0 aliphatic heterocycles. The number of rotatable bonds is 2. The van der Waals surface area contributed by atoms with E-state index >= 15 is 0 Å². The van der Waals surface area contributed by atoms with Gasteiger partial charge in [-0.2, -0.15) is 0 Å². The number of ketones is 1. The lowest BCUT2D eigenvalue weighted by molar-refractivity contribution is -0.112. The van der Waals surface area contributed by atoms with Gasteiger partial charge in [-0.05, 0) is 38.2 Å². The first-order valence-electron chi connectivity index (χ1n) is 3.74. The van der Waals surface area contributed by atoms with Gasteiger partial charge in [0.2, 0.25) is 0 Å². The molecule has 0 radical (unpaired) electrons. The van der Waals surface area contributed by atoms with Crippen LogP contribution in [0, 0.1) is 5.41 Å². The predicted octanol–water partition coefficient (Wildman–Crippen LogP) is 2.32. The Hall–Kier alpha value is -0.590. The van der Waals surface area contributed by atoms with E-state index < -0.39 is 0 Å². The topological polar surface area (TPSA) is 17.1 Å². The normalized spacial score (nSPS) is 22.5. The fraction of sp³-hybridized carbons (Fsp3) is 0.667. The molecule has 0 spiro atoms. The summed E-state index contributed by atoms with van der Waals surface area (Å²) in [5, 5.41) is 0. The number of hydrogen-bond donors (Lipinski definition) is 0. The van der Waals surface area contributed by atoms with E-state index in [1.54, 1.807) is 13.0 Å². The molecule has 0 aromatic heterocycles. The molecule has 1 aliphatic rings. The zero-order valence-corrected chi connectivity index (χ0v) is 6.90. The van der Waals surface area contributed by atoms with Crippen molar-refractivity contribution in [3.63, 3.8) is 0 Å². The summed E-state index contributed by atoms with van der Waals surface area (Å²) in [5.74, 6) is 0.172. The highest BCUT2D eigenvalue weighted by molar-refractivity contribution is 5.88. The van der Waals surface area contributed by atoms with E-state index in [9.17, 15) is 4.79 Å². The second-order valence-electron chi connectivity index (χ2n) is 3.50. The second kappa shape index (κ2) is 2.22. The average Bonchev–Trinajstić information content (AvgIpc) is 2.47. The van der Waals surface area contributed by atoms with Gasteiger partial charge in [0, 0.05) is 0 Å². The molecule has 1 heteroatoms. The van der Waals surface area contributed by atoms with Crippen LogP contribution in [0.15, 0.2) is 11.6 Å². The molecule has 0 bridgehead atoms. The van der Waals surface area contributed by atoms with Crippen LogP contribution in [0.4, 0.5) is 0 Å². The number of hydrogen-bond acceptors (Lipinski definition) is 1. The van der Waals surface area contributed by atoms with Crippen LogP contribution in [-0.2, 0) is 4.79 Å². The minimum atomic E-state index is 0.172. The summed E-state index contributed by atoms with van der Waals surface area (Å²) in [6.07, 6.45) is 4.26. The van der Waals surface area contributed by atoms with Crippen LogP contribution in [0.2, 0.25) is 0 Å². The van der Waals surface area contributed by atoms with Gasteiger partial charge in [0.25, 0.3) is 0 Å². The molecule has 1 rings (SSSR count). The Morgan fingerprint density at radius 3 is 2.20 bits per heavy atom. The summed E-state index contributed by atoms with van der Waals surface area (Å²) in [4.78, 5) is 10.7. The molecule has 0 saturated heterocycles. The van der Waals surface area contributed by atoms with Crippen molar-refractivity contribution in [3.8, 4) is 0 Å². The Kier molecular flexibility index (Phi) is 1.67. The summed E-state index contributed by atoms with van der Waals surface area (Å²) in [7, 11) is 0. The molecule has 0 amide bonds. The fourth-order valence-electron chi connectivity index (χ4n) is 1.06. The van der Waals surface area contributed by atoms with Gasteiger partial charge in [0.05, 0.1) is 0 Å². The average molecular weight is 138 g/mol. The molecular formula is C9H14O. The Bertz CT molecular complexity index is 185. The van der Waals surface area contributed by atoms with E-state index in [1.807, 2.05) is 0 Å². The van der Waals surface area contributed by atoms with Gasteiger partial charge in [0.1, 0.15) is 0 Å². The van der Waals surface area contributed by atoms with E-state index in [1.165, 1.54) is 18.4 Å². The molecule has 1 saturated carbocycles. The molecule has 0 N–H and O–H groups in total. The molecule has 56 valence electrons. The third-order valence-corrected chi connectivity index (χ3v) is 2.37. The summed E-state index contributed by atoms with van der Waals surface area (Å²) >= 11 is 0. The Labute approximate surface area is 62.1 Å². The third kappa shape index (κ3) is 1.47. The van der Waals surface area contributed by atoms with Crippen molar-refractivity contribution in [3.05, 3.63) is 11.6 Å². The second-order valence-corrected chi connectivity index (χ2v) is 3.50. The molecule has 1 aliphatic carbocycles. The summed E-state index contributed by atoms with van der Waals surface area (Å²) in [5.41, 5.74) is 1.63. The van der Waals surface area contributed by atoms with Crippen LogP contribution in [0.25, 0.3) is 0 Å². The predicted molar refractivity (Wildman–Crippen MR) is 41.8 cm³/mol. The van der Waals surface area contributed by atoms with E-state index in [-0.39, 0.29) is 5.78 Å². The Morgan fingerprint density at radius 1 is 1.40 bits per heavy atom. The minimum Gasteiger partial charge on any atom is -0.295 e. The first-order valence-corrected chi connectivity index (χ1v) is 3.74. The van der Waals surface area contributed by atoms with Crippen LogP contribution in [0.5, 0.6) is 0 Å². The van der Waals surface area contributed by atoms with E-state index in [4.69, 9.17) is 0 Å². The quantitative estimate of drug-likeness (QED) is 0.535. The van der Waals surface area contributed by atoms with Crippen LogP contribution in [-0.4, -0.2) is 5.78 Å². The highest BCUT2D eigenvalue weighted by atomic mass is 16.1.